The molecule has 3 rings (SSSR count). The van der Waals surface area contributed by atoms with E-state index in [4.69, 9.17) is 15.2 Å². The van der Waals surface area contributed by atoms with Crippen molar-refractivity contribution < 1.29 is 19.1 Å². The third kappa shape index (κ3) is 3.17. The number of hydrogen-bond acceptors (Lipinski definition) is 6. The number of carbonyl (C=O) groups excluding carboxylic acids is 2. The molecule has 0 bridgehead atoms. The highest BCUT2D eigenvalue weighted by Gasteiger charge is 2.36. The zero-order valence-electron chi connectivity index (χ0n) is 14.3. The number of benzene rings is 1. The van der Waals surface area contributed by atoms with Gasteiger partial charge >= 0.3 is 6.09 Å². The first-order valence-electron chi connectivity index (χ1n) is 8.06. The van der Waals surface area contributed by atoms with Crippen LogP contribution in [0.25, 0.3) is 0 Å². The second-order valence-corrected chi connectivity index (χ2v) is 7.04. The minimum absolute atomic E-state index is 0.209. The van der Waals surface area contributed by atoms with Gasteiger partial charge in [0.2, 0.25) is 0 Å². The van der Waals surface area contributed by atoms with E-state index in [2.05, 4.69) is 4.90 Å². The monoisotopic (exact) mass is 333 g/mol. The summed E-state index contributed by atoms with van der Waals surface area (Å²) in [5, 5.41) is 0. The number of carbonyl (C=O) groups is 2. The quantitative estimate of drug-likeness (QED) is 0.791. The van der Waals surface area contributed by atoms with Gasteiger partial charge in [-0.1, -0.05) is 0 Å². The number of imide groups is 1. The maximum Gasteiger partial charge on any atom is 0.417 e. The highest BCUT2D eigenvalue weighted by atomic mass is 16.6. The summed E-state index contributed by atoms with van der Waals surface area (Å²) in [7, 11) is 0. The second-order valence-electron chi connectivity index (χ2n) is 7.04. The molecule has 1 saturated heterocycles. The highest BCUT2D eigenvalue weighted by molar-refractivity contribution is 6.07. The van der Waals surface area contributed by atoms with Crippen molar-refractivity contribution in [3.8, 4) is 0 Å². The number of hydrogen-bond donors (Lipinski definition) is 1. The molecule has 1 aromatic rings. The van der Waals surface area contributed by atoms with E-state index < -0.39 is 11.7 Å². The van der Waals surface area contributed by atoms with Gasteiger partial charge in [-0.25, -0.2) is 9.69 Å². The van der Waals surface area contributed by atoms with Crippen molar-refractivity contribution in [2.45, 2.75) is 32.9 Å². The van der Waals surface area contributed by atoms with Crippen LogP contribution in [-0.4, -0.2) is 48.8 Å². The maximum atomic E-state index is 12.5. The van der Waals surface area contributed by atoms with Crippen molar-refractivity contribution in [2.24, 2.45) is 0 Å². The van der Waals surface area contributed by atoms with Gasteiger partial charge in [-0.3, -0.25) is 4.79 Å². The molecule has 24 heavy (non-hydrogen) atoms. The molecule has 2 amide bonds. The van der Waals surface area contributed by atoms with Crippen molar-refractivity contribution in [2.75, 3.05) is 36.9 Å². The molecule has 2 aliphatic heterocycles. The molecule has 2 aliphatic rings. The Labute approximate surface area is 141 Å². The second kappa shape index (κ2) is 5.98. The first-order chi connectivity index (χ1) is 11.3. The van der Waals surface area contributed by atoms with Crippen molar-refractivity contribution in [1.82, 2.24) is 4.90 Å². The van der Waals surface area contributed by atoms with Gasteiger partial charge in [0.25, 0.3) is 5.91 Å². The number of ether oxygens (including phenoxy) is 2. The Bertz CT molecular complexity index is 675. The molecule has 0 radical (unpaired) electrons. The van der Waals surface area contributed by atoms with Gasteiger partial charge in [-0.05, 0) is 38.5 Å². The molecule has 7 nitrogen and oxygen atoms in total. The highest BCUT2D eigenvalue weighted by Crippen LogP contribution is 2.33. The van der Waals surface area contributed by atoms with E-state index in [0.29, 0.717) is 24.5 Å². The van der Waals surface area contributed by atoms with E-state index in [1.54, 1.807) is 26.8 Å². The molecule has 0 atom stereocenters. The molecule has 0 spiro atoms. The lowest BCUT2D eigenvalue weighted by atomic mass is 10.1. The zero-order chi connectivity index (χ0) is 17.5. The van der Waals surface area contributed by atoms with E-state index in [9.17, 15) is 9.59 Å². The summed E-state index contributed by atoms with van der Waals surface area (Å²) in [4.78, 5) is 28.0. The predicted octanol–water partition coefficient (Wildman–Crippen LogP) is 2.00. The molecule has 130 valence electrons. The molecule has 0 saturated carbocycles. The average Bonchev–Trinajstić information content (AvgIpc) is 2.82. The van der Waals surface area contributed by atoms with Gasteiger partial charge < -0.3 is 20.1 Å². The van der Waals surface area contributed by atoms with Crippen LogP contribution in [0, 0.1) is 0 Å². The van der Waals surface area contributed by atoms with Crippen molar-refractivity contribution >= 4 is 23.4 Å². The van der Waals surface area contributed by atoms with E-state index in [-0.39, 0.29) is 12.5 Å². The molecule has 1 fully saturated rings. The third-order valence-corrected chi connectivity index (χ3v) is 4.02. The molecule has 0 unspecified atom stereocenters. The molecule has 0 aliphatic carbocycles. The normalized spacial score (nSPS) is 17.9. The van der Waals surface area contributed by atoms with Crippen molar-refractivity contribution in [1.29, 1.82) is 0 Å². The topological polar surface area (TPSA) is 85.1 Å². The molecule has 0 aromatic heterocycles. The summed E-state index contributed by atoms with van der Waals surface area (Å²) in [5.74, 6) is -0.362. The van der Waals surface area contributed by atoms with E-state index in [1.807, 2.05) is 6.07 Å². The summed E-state index contributed by atoms with van der Waals surface area (Å²) >= 11 is 0. The predicted molar refractivity (Wildman–Crippen MR) is 90.0 cm³/mol. The SMILES string of the molecule is CC(C)(C)OC(=O)N1Cc2cc(N3CCOCC3)c(N)cc2C1=O. The lowest BCUT2D eigenvalue weighted by Gasteiger charge is -2.30. The molecule has 1 aromatic carbocycles. The van der Waals surface area contributed by atoms with E-state index in [1.165, 1.54) is 0 Å². The third-order valence-electron chi connectivity index (χ3n) is 4.02. The lowest BCUT2D eigenvalue weighted by Crippen LogP contribution is -2.36. The Hall–Kier alpha value is -2.28. The van der Waals surface area contributed by atoms with Gasteiger partial charge in [0.1, 0.15) is 5.60 Å². The van der Waals surface area contributed by atoms with Gasteiger partial charge in [-0.2, -0.15) is 0 Å². The van der Waals surface area contributed by atoms with Gasteiger partial charge in [0.05, 0.1) is 31.1 Å². The number of nitrogen functional groups attached to an aromatic ring is 1. The van der Waals surface area contributed by atoms with Gasteiger partial charge in [0.15, 0.2) is 0 Å². The smallest absolute Gasteiger partial charge is 0.417 e. The van der Waals surface area contributed by atoms with Crippen LogP contribution in [0.4, 0.5) is 16.2 Å². The number of rotatable bonds is 1. The van der Waals surface area contributed by atoms with Gasteiger partial charge in [-0.15, -0.1) is 0 Å². The van der Waals surface area contributed by atoms with Crippen LogP contribution >= 0.6 is 0 Å². The first kappa shape index (κ1) is 16.6. The van der Waals surface area contributed by atoms with Crippen LogP contribution in [-0.2, 0) is 16.0 Å². The summed E-state index contributed by atoms with van der Waals surface area (Å²) < 4.78 is 10.7. The fraction of sp³-hybridized carbons (Fsp3) is 0.529. The largest absolute Gasteiger partial charge is 0.443 e. The molecule has 2 N–H and O–H groups in total. The number of fused-ring (bicyclic) bond motifs is 1. The minimum atomic E-state index is -0.649. The Morgan fingerprint density at radius 3 is 2.54 bits per heavy atom. The van der Waals surface area contributed by atoms with Gasteiger partial charge in [0, 0.05) is 18.7 Å². The van der Waals surface area contributed by atoms with Crippen LogP contribution in [0.5, 0.6) is 0 Å². The number of anilines is 2. The Morgan fingerprint density at radius 1 is 1.25 bits per heavy atom. The van der Waals surface area contributed by atoms with Crippen LogP contribution in [0.3, 0.4) is 0 Å². The fourth-order valence-corrected chi connectivity index (χ4v) is 2.91. The summed E-state index contributed by atoms with van der Waals surface area (Å²) in [6.45, 7) is 8.34. The van der Waals surface area contributed by atoms with Crippen molar-refractivity contribution in [3.63, 3.8) is 0 Å². The minimum Gasteiger partial charge on any atom is -0.443 e. The summed E-state index contributed by atoms with van der Waals surface area (Å²) in [5.41, 5.74) is 8.18. The fourth-order valence-electron chi connectivity index (χ4n) is 2.91. The Morgan fingerprint density at radius 2 is 1.92 bits per heavy atom. The van der Waals surface area contributed by atoms with E-state index in [0.717, 1.165) is 29.2 Å². The number of nitrogens with two attached hydrogens (primary N) is 1. The standard InChI is InChI=1S/C17H23N3O4/c1-17(2,3)24-16(22)20-10-11-8-14(19-4-6-23-7-5-19)13(18)9-12(11)15(20)21/h8-9H,4-7,10,18H2,1-3H3. The number of nitrogens with zero attached hydrogens (tertiary/aromatic N) is 2. The van der Waals surface area contributed by atoms with Crippen LogP contribution < -0.4 is 10.6 Å². The molecular formula is C17H23N3O4. The maximum absolute atomic E-state index is 12.5. The summed E-state index contributed by atoms with van der Waals surface area (Å²) in [6.07, 6.45) is -0.629. The number of amides is 2. The van der Waals surface area contributed by atoms with E-state index >= 15 is 0 Å². The summed E-state index contributed by atoms with van der Waals surface area (Å²) in [6, 6.07) is 3.56. The number of morpholine rings is 1. The molecular weight excluding hydrogens is 310 g/mol. The molecule has 7 heteroatoms. The first-order valence-corrected chi connectivity index (χ1v) is 8.06. The Kier molecular flexibility index (Phi) is 4.13. The van der Waals surface area contributed by atoms with Crippen LogP contribution in [0.2, 0.25) is 0 Å². The van der Waals surface area contributed by atoms with Crippen molar-refractivity contribution in [3.05, 3.63) is 23.3 Å². The average molecular weight is 333 g/mol. The Balaban J connectivity index is 1.84. The lowest BCUT2D eigenvalue weighted by molar-refractivity contribution is 0.0248. The van der Waals surface area contributed by atoms with Crippen LogP contribution in [0.15, 0.2) is 12.1 Å². The van der Waals surface area contributed by atoms with Crippen LogP contribution in [0.1, 0.15) is 36.7 Å². The zero-order valence-corrected chi connectivity index (χ0v) is 14.3. The molecule has 2 heterocycles.